The van der Waals surface area contributed by atoms with Gasteiger partial charge in [0.2, 0.25) is 5.13 Å². The highest BCUT2D eigenvalue weighted by molar-refractivity contribution is 7.13. The number of rotatable bonds is 11. The zero-order chi connectivity index (χ0) is 20.4. The van der Waals surface area contributed by atoms with E-state index in [1.807, 2.05) is 19.9 Å². The first-order valence-corrected chi connectivity index (χ1v) is 10.3. The van der Waals surface area contributed by atoms with Crippen molar-refractivity contribution < 1.29 is 19.0 Å². The molecule has 0 aliphatic carbocycles. The van der Waals surface area contributed by atoms with Crippen LogP contribution >= 0.6 is 22.9 Å². The Labute approximate surface area is 173 Å². The van der Waals surface area contributed by atoms with Crippen molar-refractivity contribution in [2.45, 2.75) is 33.6 Å². The van der Waals surface area contributed by atoms with Crippen molar-refractivity contribution in [3.63, 3.8) is 0 Å². The van der Waals surface area contributed by atoms with Crippen LogP contribution in [0.15, 0.2) is 22.6 Å². The highest BCUT2D eigenvalue weighted by Crippen LogP contribution is 2.36. The van der Waals surface area contributed by atoms with Gasteiger partial charge in [-0.3, -0.25) is 10.2 Å². The first kappa shape index (κ1) is 22.0. The third-order valence-electron chi connectivity index (χ3n) is 3.34. The molecular weight excluding hydrogens is 402 g/mol. The van der Waals surface area contributed by atoms with E-state index in [1.54, 1.807) is 24.6 Å². The van der Waals surface area contributed by atoms with Gasteiger partial charge in [-0.15, -0.1) is 11.3 Å². The number of halogens is 1. The smallest absolute Gasteiger partial charge is 0.311 e. The zero-order valence-electron chi connectivity index (χ0n) is 16.2. The van der Waals surface area contributed by atoms with Gasteiger partial charge in [0.05, 0.1) is 43.2 Å². The van der Waals surface area contributed by atoms with Crippen LogP contribution in [0.5, 0.6) is 11.5 Å². The Balaban J connectivity index is 2.03. The van der Waals surface area contributed by atoms with Crippen LogP contribution in [0, 0.1) is 0 Å². The summed E-state index contributed by atoms with van der Waals surface area (Å²) in [5.74, 6) is 0.821. The maximum Gasteiger partial charge on any atom is 0.311 e. The number of benzene rings is 1. The maximum atomic E-state index is 11.5. The predicted octanol–water partition coefficient (Wildman–Crippen LogP) is 4.54. The summed E-state index contributed by atoms with van der Waals surface area (Å²) in [5.41, 5.74) is 4.24. The number of nitrogens with one attached hydrogen (secondary N) is 1. The Hall–Kier alpha value is -2.32. The number of hydrogen-bond donors (Lipinski definition) is 1. The largest absolute Gasteiger partial charge is 0.490 e. The van der Waals surface area contributed by atoms with E-state index in [4.69, 9.17) is 25.8 Å². The number of carbonyl (C=O) groups excluding carboxylic acids is 1. The maximum absolute atomic E-state index is 11.5. The minimum absolute atomic E-state index is 0.141. The van der Waals surface area contributed by atoms with Gasteiger partial charge < -0.3 is 14.2 Å². The summed E-state index contributed by atoms with van der Waals surface area (Å²) >= 11 is 7.69. The molecule has 0 amide bonds. The first-order valence-electron chi connectivity index (χ1n) is 9.05. The predicted molar refractivity (Wildman–Crippen MR) is 112 cm³/mol. The topological polar surface area (TPSA) is 82.0 Å². The van der Waals surface area contributed by atoms with Crippen molar-refractivity contribution in [3.05, 3.63) is 33.8 Å². The number of esters is 1. The van der Waals surface area contributed by atoms with Crippen LogP contribution in [0.25, 0.3) is 0 Å². The molecule has 0 spiro atoms. The fraction of sp³-hybridized carbons (Fsp3) is 0.421. The molecule has 1 N–H and O–H groups in total. The number of carbonyl (C=O) groups is 1. The van der Waals surface area contributed by atoms with E-state index in [2.05, 4.69) is 15.5 Å². The summed E-state index contributed by atoms with van der Waals surface area (Å²) in [4.78, 5) is 15.8. The molecule has 152 valence electrons. The van der Waals surface area contributed by atoms with Crippen LogP contribution in [-0.4, -0.2) is 37.0 Å². The molecular formula is C19H24ClN3O4S. The fourth-order valence-electron chi connectivity index (χ4n) is 2.23. The van der Waals surface area contributed by atoms with E-state index in [0.29, 0.717) is 47.2 Å². The number of ether oxygens (including phenoxy) is 3. The van der Waals surface area contributed by atoms with Gasteiger partial charge in [0, 0.05) is 5.38 Å². The van der Waals surface area contributed by atoms with E-state index in [1.165, 1.54) is 11.3 Å². The highest BCUT2D eigenvalue weighted by atomic mass is 35.5. The van der Waals surface area contributed by atoms with Gasteiger partial charge in [-0.25, -0.2) is 4.98 Å². The average molecular weight is 426 g/mol. The average Bonchev–Trinajstić information content (AvgIpc) is 3.08. The lowest BCUT2D eigenvalue weighted by atomic mass is 10.2. The molecule has 0 saturated heterocycles. The van der Waals surface area contributed by atoms with Crippen LogP contribution in [0.2, 0.25) is 5.02 Å². The van der Waals surface area contributed by atoms with Gasteiger partial charge in [-0.1, -0.05) is 18.5 Å². The SMILES string of the molecule is CCCOc1c(Cl)cc(/C=N\Nc2nc(CC(=O)OCC)cs2)cc1OCC. The summed E-state index contributed by atoms with van der Waals surface area (Å²) in [6, 6.07) is 3.58. The van der Waals surface area contributed by atoms with Crippen LogP contribution in [0.1, 0.15) is 38.4 Å². The van der Waals surface area contributed by atoms with Crippen LogP contribution < -0.4 is 14.9 Å². The van der Waals surface area contributed by atoms with Gasteiger partial charge in [-0.05, 0) is 38.0 Å². The third-order valence-corrected chi connectivity index (χ3v) is 4.42. The molecule has 0 fully saturated rings. The van der Waals surface area contributed by atoms with Gasteiger partial charge in [-0.2, -0.15) is 5.10 Å². The van der Waals surface area contributed by atoms with Crippen molar-refractivity contribution in [2.75, 3.05) is 25.2 Å². The highest BCUT2D eigenvalue weighted by Gasteiger charge is 2.12. The monoisotopic (exact) mass is 425 g/mol. The summed E-state index contributed by atoms with van der Waals surface area (Å²) in [6.07, 6.45) is 2.63. The van der Waals surface area contributed by atoms with Crippen LogP contribution in [0.3, 0.4) is 0 Å². The number of hydrazone groups is 1. The Morgan fingerprint density at radius 2 is 2.11 bits per heavy atom. The third kappa shape index (κ3) is 6.69. The molecule has 0 aliphatic rings. The van der Waals surface area contributed by atoms with Gasteiger partial charge >= 0.3 is 5.97 Å². The molecule has 0 radical (unpaired) electrons. The fourth-order valence-corrected chi connectivity index (χ4v) is 3.16. The lowest BCUT2D eigenvalue weighted by molar-refractivity contribution is -0.142. The van der Waals surface area contributed by atoms with Crippen molar-refractivity contribution in [1.82, 2.24) is 4.98 Å². The standard InChI is InChI=1S/C19H24ClN3O4S/c1-4-7-27-18-15(20)8-13(9-16(18)25-5-2)11-21-23-19-22-14(12-28-19)10-17(24)26-6-3/h8-9,11-12H,4-7,10H2,1-3H3,(H,22,23)/b21-11-. The number of thiazole rings is 1. The van der Waals surface area contributed by atoms with Crippen molar-refractivity contribution >= 4 is 40.3 Å². The summed E-state index contributed by atoms with van der Waals surface area (Å²) in [5, 5.41) is 7.01. The number of anilines is 1. The van der Waals surface area contributed by atoms with Crippen LogP contribution in [-0.2, 0) is 16.0 Å². The second kappa shape index (κ2) is 11.5. The number of hydrogen-bond acceptors (Lipinski definition) is 8. The molecule has 7 nitrogen and oxygen atoms in total. The minimum atomic E-state index is -0.300. The molecule has 1 aromatic carbocycles. The van der Waals surface area contributed by atoms with Crippen molar-refractivity contribution in [2.24, 2.45) is 5.10 Å². The first-order chi connectivity index (χ1) is 13.6. The second-order valence-electron chi connectivity index (χ2n) is 5.61. The molecule has 0 bridgehead atoms. The zero-order valence-corrected chi connectivity index (χ0v) is 17.7. The van der Waals surface area contributed by atoms with E-state index >= 15 is 0 Å². The normalized spacial score (nSPS) is 10.9. The molecule has 0 unspecified atom stereocenters. The van der Waals surface area contributed by atoms with E-state index < -0.39 is 0 Å². The van der Waals surface area contributed by atoms with Crippen LogP contribution in [0.4, 0.5) is 5.13 Å². The summed E-state index contributed by atoms with van der Waals surface area (Å²) in [6.45, 7) is 7.11. The van der Waals surface area contributed by atoms with E-state index in [0.717, 1.165) is 12.0 Å². The molecule has 28 heavy (non-hydrogen) atoms. The van der Waals surface area contributed by atoms with E-state index in [-0.39, 0.29) is 12.4 Å². The quantitative estimate of drug-likeness (QED) is 0.323. The Morgan fingerprint density at radius 1 is 1.29 bits per heavy atom. The van der Waals surface area contributed by atoms with Gasteiger partial charge in [0.25, 0.3) is 0 Å². The number of nitrogens with zero attached hydrogens (tertiary/aromatic N) is 2. The number of aromatic nitrogens is 1. The molecule has 2 aromatic rings. The Kier molecular flexibility index (Phi) is 9.03. The molecule has 0 atom stereocenters. The van der Waals surface area contributed by atoms with Crippen molar-refractivity contribution in [3.8, 4) is 11.5 Å². The van der Waals surface area contributed by atoms with Gasteiger partial charge in [0.15, 0.2) is 11.5 Å². The molecule has 0 saturated carbocycles. The van der Waals surface area contributed by atoms with E-state index in [9.17, 15) is 4.79 Å². The lowest BCUT2D eigenvalue weighted by Crippen LogP contribution is -2.07. The molecule has 2 rings (SSSR count). The molecule has 0 aliphatic heterocycles. The van der Waals surface area contributed by atoms with Crippen molar-refractivity contribution in [1.29, 1.82) is 0 Å². The second-order valence-corrected chi connectivity index (χ2v) is 6.87. The minimum Gasteiger partial charge on any atom is -0.490 e. The lowest BCUT2D eigenvalue weighted by Gasteiger charge is -2.13. The Morgan fingerprint density at radius 3 is 2.82 bits per heavy atom. The molecule has 1 heterocycles. The van der Waals surface area contributed by atoms with Gasteiger partial charge in [0.1, 0.15) is 0 Å². The molecule has 1 aromatic heterocycles. The summed E-state index contributed by atoms with van der Waals surface area (Å²) in [7, 11) is 0. The molecule has 9 heteroatoms. The Bertz CT molecular complexity index is 810. The summed E-state index contributed by atoms with van der Waals surface area (Å²) < 4.78 is 16.2.